The van der Waals surface area contributed by atoms with E-state index in [1.165, 1.54) is 0 Å². The van der Waals surface area contributed by atoms with Crippen LogP contribution in [0.1, 0.15) is 5.69 Å². The van der Waals surface area contributed by atoms with E-state index in [1.807, 2.05) is 0 Å². The first-order valence-electron chi connectivity index (χ1n) is 6.18. The molecule has 2 heterocycles. The SMILES string of the molecule is CNC(=O)Cn1cc(NCc2cn(CCO)nn2)cn1. The van der Waals surface area contributed by atoms with E-state index in [2.05, 4.69) is 26.0 Å². The lowest BCUT2D eigenvalue weighted by Crippen LogP contribution is -2.23. The van der Waals surface area contributed by atoms with Crippen LogP contribution in [-0.4, -0.2) is 49.4 Å². The third kappa shape index (κ3) is 3.79. The fraction of sp³-hybridized carbons (Fsp3) is 0.455. The predicted molar refractivity (Wildman–Crippen MR) is 70.7 cm³/mol. The lowest BCUT2D eigenvalue weighted by molar-refractivity contribution is -0.121. The van der Waals surface area contributed by atoms with Gasteiger partial charge in [0.05, 0.1) is 37.8 Å². The van der Waals surface area contributed by atoms with Crippen LogP contribution in [0.4, 0.5) is 5.69 Å². The Balaban J connectivity index is 1.85. The summed E-state index contributed by atoms with van der Waals surface area (Å²) in [6.07, 6.45) is 5.15. The number of amides is 1. The number of rotatable bonds is 7. The average molecular weight is 279 g/mol. The second kappa shape index (κ2) is 6.66. The van der Waals surface area contributed by atoms with Crippen molar-refractivity contribution in [1.82, 2.24) is 30.1 Å². The fourth-order valence-electron chi connectivity index (χ4n) is 1.59. The Morgan fingerprint density at radius 3 is 3.00 bits per heavy atom. The molecule has 9 heteroatoms. The summed E-state index contributed by atoms with van der Waals surface area (Å²) in [5, 5.41) is 26.4. The number of aliphatic hydroxyl groups is 1. The highest BCUT2D eigenvalue weighted by Gasteiger charge is 2.04. The fourth-order valence-corrected chi connectivity index (χ4v) is 1.59. The van der Waals surface area contributed by atoms with Gasteiger partial charge in [0.1, 0.15) is 12.2 Å². The van der Waals surface area contributed by atoms with Crippen molar-refractivity contribution in [3.05, 3.63) is 24.3 Å². The van der Waals surface area contributed by atoms with E-state index in [0.29, 0.717) is 13.1 Å². The smallest absolute Gasteiger partial charge is 0.241 e. The van der Waals surface area contributed by atoms with Gasteiger partial charge in [-0.25, -0.2) is 4.68 Å². The van der Waals surface area contributed by atoms with E-state index in [9.17, 15) is 4.79 Å². The number of hydrogen-bond donors (Lipinski definition) is 3. The second-order valence-electron chi connectivity index (χ2n) is 4.15. The Kier molecular flexibility index (Phi) is 4.66. The van der Waals surface area contributed by atoms with Crippen molar-refractivity contribution < 1.29 is 9.90 Å². The molecule has 9 nitrogen and oxygen atoms in total. The van der Waals surface area contributed by atoms with Crippen LogP contribution in [0.5, 0.6) is 0 Å². The third-order valence-electron chi connectivity index (χ3n) is 2.61. The zero-order valence-corrected chi connectivity index (χ0v) is 11.2. The predicted octanol–water partition coefficient (Wildman–Crippen LogP) is -1.18. The van der Waals surface area contributed by atoms with E-state index >= 15 is 0 Å². The molecule has 0 aliphatic rings. The molecule has 0 atom stereocenters. The van der Waals surface area contributed by atoms with Crippen LogP contribution in [0.25, 0.3) is 0 Å². The van der Waals surface area contributed by atoms with Crippen LogP contribution in [0, 0.1) is 0 Å². The van der Waals surface area contributed by atoms with Gasteiger partial charge in [-0.3, -0.25) is 9.48 Å². The van der Waals surface area contributed by atoms with Crippen LogP contribution in [-0.2, 0) is 24.4 Å². The molecule has 2 aromatic heterocycles. The van der Waals surface area contributed by atoms with E-state index in [-0.39, 0.29) is 19.1 Å². The van der Waals surface area contributed by atoms with Crippen LogP contribution in [0.2, 0.25) is 0 Å². The number of aromatic nitrogens is 5. The minimum absolute atomic E-state index is 0.0302. The molecule has 0 aliphatic carbocycles. The molecule has 0 bridgehead atoms. The molecular weight excluding hydrogens is 262 g/mol. The molecule has 3 N–H and O–H groups in total. The van der Waals surface area contributed by atoms with Gasteiger partial charge in [-0.05, 0) is 0 Å². The summed E-state index contributed by atoms with van der Waals surface area (Å²) >= 11 is 0. The van der Waals surface area contributed by atoms with Gasteiger partial charge in [-0.1, -0.05) is 5.21 Å². The van der Waals surface area contributed by atoms with Crippen LogP contribution in [0.3, 0.4) is 0 Å². The van der Waals surface area contributed by atoms with Crippen LogP contribution < -0.4 is 10.6 Å². The number of aliphatic hydroxyl groups excluding tert-OH is 1. The summed E-state index contributed by atoms with van der Waals surface area (Å²) in [7, 11) is 1.58. The van der Waals surface area contributed by atoms with E-state index in [0.717, 1.165) is 11.4 Å². The topological polar surface area (TPSA) is 110 Å². The lowest BCUT2D eigenvalue weighted by atomic mass is 10.4. The molecular formula is C11H17N7O2. The van der Waals surface area contributed by atoms with Crippen molar-refractivity contribution in [2.45, 2.75) is 19.6 Å². The van der Waals surface area contributed by atoms with Gasteiger partial charge in [0.25, 0.3) is 0 Å². The second-order valence-corrected chi connectivity index (χ2v) is 4.15. The van der Waals surface area contributed by atoms with Gasteiger partial charge in [-0.2, -0.15) is 5.10 Å². The molecule has 0 saturated carbocycles. The standard InChI is InChI=1S/C11H17N7O2/c1-12-11(20)8-18-6-9(5-14-18)13-4-10-7-17(2-3-19)16-15-10/h5-7,13,19H,2-4,8H2,1H3,(H,12,20). The average Bonchev–Trinajstić information content (AvgIpc) is 3.06. The third-order valence-corrected chi connectivity index (χ3v) is 2.61. The van der Waals surface area contributed by atoms with Gasteiger partial charge in [0, 0.05) is 13.2 Å². The molecule has 108 valence electrons. The molecule has 0 aromatic carbocycles. The first-order valence-corrected chi connectivity index (χ1v) is 6.18. The highest BCUT2D eigenvalue weighted by atomic mass is 16.3. The maximum absolute atomic E-state index is 11.2. The number of nitrogens with zero attached hydrogens (tertiary/aromatic N) is 5. The summed E-state index contributed by atoms with van der Waals surface area (Å²) in [6.45, 7) is 1.14. The molecule has 0 aliphatic heterocycles. The number of nitrogens with one attached hydrogen (secondary N) is 2. The Labute approximate surface area is 115 Å². The molecule has 1 amide bonds. The number of anilines is 1. The van der Waals surface area contributed by atoms with Crippen LogP contribution in [0.15, 0.2) is 18.6 Å². The van der Waals surface area contributed by atoms with Gasteiger partial charge >= 0.3 is 0 Å². The summed E-state index contributed by atoms with van der Waals surface area (Å²) in [6, 6.07) is 0. The van der Waals surface area contributed by atoms with Crippen molar-refractivity contribution >= 4 is 11.6 Å². The molecule has 0 unspecified atom stereocenters. The van der Waals surface area contributed by atoms with E-state index in [4.69, 9.17) is 5.11 Å². The Morgan fingerprint density at radius 1 is 1.40 bits per heavy atom. The molecule has 2 aromatic rings. The van der Waals surface area contributed by atoms with E-state index in [1.54, 1.807) is 35.0 Å². The Morgan fingerprint density at radius 2 is 2.25 bits per heavy atom. The highest BCUT2D eigenvalue weighted by molar-refractivity contribution is 5.75. The molecule has 2 rings (SSSR count). The zero-order valence-electron chi connectivity index (χ0n) is 11.2. The molecule has 0 radical (unpaired) electrons. The first kappa shape index (κ1) is 14.0. The highest BCUT2D eigenvalue weighted by Crippen LogP contribution is 2.06. The largest absolute Gasteiger partial charge is 0.394 e. The summed E-state index contributed by atoms with van der Waals surface area (Å²) in [5.74, 6) is -0.105. The Hall–Kier alpha value is -2.42. The number of carbonyl (C=O) groups is 1. The van der Waals surface area contributed by atoms with Crippen molar-refractivity contribution in [2.75, 3.05) is 19.0 Å². The normalized spacial score (nSPS) is 10.5. The zero-order chi connectivity index (χ0) is 14.4. The maximum atomic E-state index is 11.2. The van der Waals surface area contributed by atoms with Crippen molar-refractivity contribution in [2.24, 2.45) is 0 Å². The van der Waals surface area contributed by atoms with Gasteiger partial charge in [-0.15, -0.1) is 5.10 Å². The Bertz CT molecular complexity index is 563. The molecule has 0 saturated heterocycles. The number of likely N-dealkylation sites (N-methyl/N-ethyl adjacent to an activating group) is 1. The van der Waals surface area contributed by atoms with Gasteiger partial charge in [0.15, 0.2) is 0 Å². The molecule has 20 heavy (non-hydrogen) atoms. The summed E-state index contributed by atoms with van der Waals surface area (Å²) < 4.78 is 3.12. The molecule has 0 fully saturated rings. The molecule has 0 spiro atoms. The summed E-state index contributed by atoms with van der Waals surface area (Å²) in [4.78, 5) is 11.2. The quantitative estimate of drug-likeness (QED) is 0.589. The number of carbonyl (C=O) groups excluding carboxylic acids is 1. The van der Waals surface area contributed by atoms with Gasteiger partial charge < -0.3 is 15.7 Å². The van der Waals surface area contributed by atoms with Crippen molar-refractivity contribution in [3.63, 3.8) is 0 Å². The minimum Gasteiger partial charge on any atom is -0.394 e. The number of hydrogen-bond acceptors (Lipinski definition) is 6. The van der Waals surface area contributed by atoms with Crippen LogP contribution >= 0.6 is 0 Å². The van der Waals surface area contributed by atoms with Crippen molar-refractivity contribution in [1.29, 1.82) is 0 Å². The maximum Gasteiger partial charge on any atom is 0.241 e. The van der Waals surface area contributed by atoms with Crippen molar-refractivity contribution in [3.8, 4) is 0 Å². The van der Waals surface area contributed by atoms with E-state index < -0.39 is 0 Å². The summed E-state index contributed by atoms with van der Waals surface area (Å²) in [5.41, 5.74) is 1.56. The van der Waals surface area contributed by atoms with Gasteiger partial charge in [0.2, 0.25) is 5.91 Å². The first-order chi connectivity index (χ1) is 9.71. The minimum atomic E-state index is -0.105. The monoisotopic (exact) mass is 279 g/mol. The lowest BCUT2D eigenvalue weighted by Gasteiger charge is -2.00.